The summed E-state index contributed by atoms with van der Waals surface area (Å²) in [7, 11) is -2.70. The fraction of sp³-hybridized carbons (Fsp3) is 0.235. The second-order valence-electron chi connectivity index (χ2n) is 5.63. The molecule has 0 aliphatic heterocycles. The number of rotatable bonds is 6. The van der Waals surface area contributed by atoms with E-state index in [-0.39, 0.29) is 16.1 Å². The quantitative estimate of drug-likeness (QED) is 0.778. The molecule has 2 N–H and O–H groups in total. The fourth-order valence-corrected chi connectivity index (χ4v) is 3.29. The number of carbonyl (C=O) groups excluding carboxylic acids is 1. The Balaban J connectivity index is 2.26. The maximum atomic E-state index is 12.6. The molecule has 0 aliphatic carbocycles. The van der Waals surface area contributed by atoms with E-state index in [2.05, 4.69) is 4.72 Å². The lowest BCUT2D eigenvalue weighted by Crippen LogP contribution is -2.33. The second kappa shape index (κ2) is 7.87. The van der Waals surface area contributed by atoms with Gasteiger partial charge >= 0.3 is 6.18 Å². The van der Waals surface area contributed by atoms with Gasteiger partial charge in [-0.3, -0.25) is 9.52 Å². The molecule has 0 atom stereocenters. The standard InChI is InChI=1S/C17H17F3N2O4S/c1-11-6-7-14(15(8-11)26-2)22-27(24,25)13-5-3-4-12(9-13)16(23)21-10-17(18,19)20/h3-9,22H,10H2,1-2H3,(H,21,23). The predicted octanol–water partition coefficient (Wildman–Crippen LogP) is 3.10. The van der Waals surface area contributed by atoms with Crippen LogP contribution in [0.25, 0.3) is 0 Å². The van der Waals surface area contributed by atoms with E-state index in [1.165, 1.54) is 31.4 Å². The number of ether oxygens (including phenoxy) is 1. The van der Waals surface area contributed by atoms with Crippen molar-refractivity contribution in [3.05, 3.63) is 53.6 Å². The van der Waals surface area contributed by atoms with Crippen LogP contribution in [0.15, 0.2) is 47.4 Å². The summed E-state index contributed by atoms with van der Waals surface area (Å²) in [5.74, 6) is -0.727. The molecule has 0 unspecified atom stereocenters. The van der Waals surface area contributed by atoms with Crippen molar-refractivity contribution in [2.75, 3.05) is 18.4 Å². The first-order valence-electron chi connectivity index (χ1n) is 7.64. The third-order valence-electron chi connectivity index (χ3n) is 3.46. The van der Waals surface area contributed by atoms with E-state index in [0.717, 1.165) is 11.6 Å². The van der Waals surface area contributed by atoms with Crippen molar-refractivity contribution in [2.45, 2.75) is 18.0 Å². The molecule has 0 fully saturated rings. The van der Waals surface area contributed by atoms with Gasteiger partial charge in [0.25, 0.3) is 15.9 Å². The summed E-state index contributed by atoms with van der Waals surface area (Å²) in [6, 6.07) is 9.55. The van der Waals surface area contributed by atoms with Crippen molar-refractivity contribution < 1.29 is 31.1 Å². The Bertz CT molecular complexity index is 943. The summed E-state index contributed by atoms with van der Waals surface area (Å²) < 4.78 is 69.2. The summed E-state index contributed by atoms with van der Waals surface area (Å²) in [4.78, 5) is 11.5. The zero-order valence-corrected chi connectivity index (χ0v) is 15.2. The highest BCUT2D eigenvalue weighted by molar-refractivity contribution is 7.92. The molecule has 0 bridgehead atoms. The van der Waals surface area contributed by atoms with Gasteiger partial charge in [0.05, 0.1) is 17.7 Å². The lowest BCUT2D eigenvalue weighted by Gasteiger charge is -2.13. The number of alkyl halides is 3. The van der Waals surface area contributed by atoms with Crippen LogP contribution < -0.4 is 14.8 Å². The Kier molecular flexibility index (Phi) is 5.99. The van der Waals surface area contributed by atoms with Gasteiger partial charge in [-0.1, -0.05) is 12.1 Å². The van der Waals surface area contributed by atoms with E-state index in [1.807, 2.05) is 6.92 Å². The Labute approximate surface area is 154 Å². The maximum Gasteiger partial charge on any atom is 0.405 e. The SMILES string of the molecule is COc1cc(C)ccc1NS(=O)(=O)c1cccc(C(=O)NCC(F)(F)F)c1. The molecule has 0 aromatic heterocycles. The normalized spacial score (nSPS) is 11.7. The molecule has 1 amide bonds. The summed E-state index contributed by atoms with van der Waals surface area (Å²) in [5.41, 5.74) is 0.839. The molecule has 0 radical (unpaired) electrons. The molecule has 2 aromatic rings. The van der Waals surface area contributed by atoms with E-state index in [1.54, 1.807) is 17.4 Å². The molecule has 0 heterocycles. The molecule has 2 aromatic carbocycles. The molecule has 27 heavy (non-hydrogen) atoms. The number of sulfonamides is 1. The fourth-order valence-electron chi connectivity index (χ4n) is 2.17. The molecule has 0 saturated carbocycles. The number of anilines is 1. The van der Waals surface area contributed by atoms with E-state index in [0.29, 0.717) is 5.75 Å². The largest absolute Gasteiger partial charge is 0.495 e. The van der Waals surface area contributed by atoms with Crippen LogP contribution in [0.2, 0.25) is 0 Å². The number of aryl methyl sites for hydroxylation is 1. The topological polar surface area (TPSA) is 84.5 Å². The number of amides is 1. The lowest BCUT2D eigenvalue weighted by atomic mass is 10.2. The van der Waals surface area contributed by atoms with Crippen LogP contribution in [0, 0.1) is 6.92 Å². The first kappa shape index (κ1) is 20.6. The third kappa shape index (κ3) is 5.61. The van der Waals surface area contributed by atoms with Crippen molar-refractivity contribution in [1.29, 1.82) is 0 Å². The van der Waals surface area contributed by atoms with Gasteiger partial charge in [-0.25, -0.2) is 8.42 Å². The van der Waals surface area contributed by atoms with Gasteiger partial charge in [-0.15, -0.1) is 0 Å². The number of carbonyl (C=O) groups is 1. The summed E-state index contributed by atoms with van der Waals surface area (Å²) in [6.45, 7) is 0.297. The second-order valence-corrected chi connectivity index (χ2v) is 7.32. The Morgan fingerprint density at radius 2 is 1.85 bits per heavy atom. The van der Waals surface area contributed by atoms with Crippen molar-refractivity contribution in [3.8, 4) is 5.75 Å². The molecule has 10 heteroatoms. The summed E-state index contributed by atoms with van der Waals surface area (Å²) in [6.07, 6.45) is -4.57. The van der Waals surface area contributed by atoms with Crippen LogP contribution in [0.4, 0.5) is 18.9 Å². The molecule has 146 valence electrons. The van der Waals surface area contributed by atoms with E-state index in [9.17, 15) is 26.4 Å². The van der Waals surface area contributed by atoms with Crippen LogP contribution in [0.1, 0.15) is 15.9 Å². The number of nitrogens with one attached hydrogen (secondary N) is 2. The molecule has 0 saturated heterocycles. The minimum absolute atomic E-state index is 0.190. The lowest BCUT2D eigenvalue weighted by molar-refractivity contribution is -0.123. The minimum Gasteiger partial charge on any atom is -0.495 e. The average Bonchev–Trinajstić information content (AvgIpc) is 2.60. The van der Waals surface area contributed by atoms with Gasteiger partial charge in [-0.2, -0.15) is 13.2 Å². The van der Waals surface area contributed by atoms with E-state index >= 15 is 0 Å². The highest BCUT2D eigenvalue weighted by Gasteiger charge is 2.28. The summed E-state index contributed by atoms with van der Waals surface area (Å²) in [5, 5.41) is 1.69. The number of benzene rings is 2. The number of methoxy groups -OCH3 is 1. The van der Waals surface area contributed by atoms with Crippen molar-refractivity contribution in [2.24, 2.45) is 0 Å². The number of hydrogen-bond acceptors (Lipinski definition) is 4. The Morgan fingerprint density at radius 1 is 1.15 bits per heavy atom. The van der Waals surface area contributed by atoms with Gasteiger partial charge in [-0.05, 0) is 42.8 Å². The van der Waals surface area contributed by atoms with Crippen LogP contribution in [-0.4, -0.2) is 34.2 Å². The molecular weight excluding hydrogens is 385 g/mol. The van der Waals surface area contributed by atoms with Gasteiger partial charge in [0.15, 0.2) is 0 Å². The van der Waals surface area contributed by atoms with Gasteiger partial charge < -0.3 is 10.1 Å². The van der Waals surface area contributed by atoms with Crippen molar-refractivity contribution >= 4 is 21.6 Å². The monoisotopic (exact) mass is 402 g/mol. The van der Waals surface area contributed by atoms with Crippen LogP contribution >= 0.6 is 0 Å². The minimum atomic E-state index is -4.57. The van der Waals surface area contributed by atoms with E-state index < -0.39 is 28.7 Å². The first-order chi connectivity index (χ1) is 12.5. The number of halogens is 3. The molecule has 0 aliphatic rings. The molecule has 0 spiro atoms. The highest BCUT2D eigenvalue weighted by atomic mass is 32.2. The highest BCUT2D eigenvalue weighted by Crippen LogP contribution is 2.28. The van der Waals surface area contributed by atoms with Crippen LogP contribution in [0.5, 0.6) is 5.75 Å². The van der Waals surface area contributed by atoms with Gasteiger partial charge in [0, 0.05) is 5.56 Å². The first-order valence-corrected chi connectivity index (χ1v) is 9.12. The number of hydrogen-bond donors (Lipinski definition) is 2. The molecule has 2 rings (SSSR count). The zero-order chi connectivity index (χ0) is 20.2. The zero-order valence-electron chi connectivity index (χ0n) is 14.4. The van der Waals surface area contributed by atoms with Crippen LogP contribution in [0.3, 0.4) is 0 Å². The van der Waals surface area contributed by atoms with Crippen molar-refractivity contribution in [3.63, 3.8) is 0 Å². The average molecular weight is 402 g/mol. The molecule has 6 nitrogen and oxygen atoms in total. The summed E-state index contributed by atoms with van der Waals surface area (Å²) >= 11 is 0. The third-order valence-corrected chi connectivity index (χ3v) is 4.82. The Morgan fingerprint density at radius 3 is 2.48 bits per heavy atom. The maximum absolute atomic E-state index is 12.6. The van der Waals surface area contributed by atoms with Gasteiger partial charge in [0.2, 0.25) is 0 Å². The smallest absolute Gasteiger partial charge is 0.405 e. The Hall–Kier alpha value is -2.75. The van der Waals surface area contributed by atoms with Crippen molar-refractivity contribution in [1.82, 2.24) is 5.32 Å². The predicted molar refractivity (Wildman–Crippen MR) is 93.4 cm³/mol. The molecular formula is C17H17F3N2O4S. The van der Waals surface area contributed by atoms with Gasteiger partial charge in [0.1, 0.15) is 12.3 Å². The van der Waals surface area contributed by atoms with E-state index in [4.69, 9.17) is 4.74 Å². The van der Waals surface area contributed by atoms with Crippen LogP contribution in [-0.2, 0) is 10.0 Å².